The van der Waals surface area contributed by atoms with Gasteiger partial charge in [-0.2, -0.15) is 0 Å². The summed E-state index contributed by atoms with van der Waals surface area (Å²) < 4.78 is 18.0. The van der Waals surface area contributed by atoms with Crippen LogP contribution in [0.1, 0.15) is 12.0 Å². The Morgan fingerprint density at radius 2 is 1.38 bits per heavy atom. The largest absolute Gasteiger partial charge is 0.485 e. The second-order valence-electron chi connectivity index (χ2n) is 14.2. The summed E-state index contributed by atoms with van der Waals surface area (Å²) in [6.45, 7) is 0. The number of oxazole rings is 1. The van der Waals surface area contributed by atoms with Crippen LogP contribution in [-0.4, -0.2) is 15.7 Å². The van der Waals surface area contributed by atoms with E-state index in [4.69, 9.17) is 14.1 Å². The van der Waals surface area contributed by atoms with Crippen LogP contribution in [0, 0.1) is 0 Å². The zero-order valence-corrected chi connectivity index (χ0v) is 30.3. The van der Waals surface area contributed by atoms with Gasteiger partial charge in [0.05, 0.1) is 28.0 Å². The van der Waals surface area contributed by atoms with E-state index in [-0.39, 0.29) is 6.10 Å². The van der Waals surface area contributed by atoms with Gasteiger partial charge in [0.2, 0.25) is 5.89 Å². The highest BCUT2D eigenvalue weighted by Crippen LogP contribution is 2.50. The third kappa shape index (κ3) is 4.55. The number of thiophene rings is 1. The molecule has 0 radical (unpaired) electrons. The molecule has 0 bridgehead atoms. The maximum atomic E-state index is 6.66. The lowest BCUT2D eigenvalue weighted by Crippen LogP contribution is -2.22. The highest BCUT2D eigenvalue weighted by molar-refractivity contribution is 7.26. The Bertz CT molecular complexity index is 3220. The van der Waals surface area contributed by atoms with Crippen molar-refractivity contribution in [3.63, 3.8) is 0 Å². The molecule has 4 heterocycles. The Morgan fingerprint density at radius 3 is 2.27 bits per heavy atom. The Labute approximate surface area is 320 Å². The standard InChI is InChI=1S/C49H31N3O2S/c1-3-13-30(14-4-1)49-50-47-42(54-49)28-27-41-46(47)36-29-32(25-26-40(36)53-41)51(38-21-12-24-44-45(38)35-18-8-10-23-43(35)55-44)39-22-11-19-34-33-17-7-9-20-37(33)52(48(34)39)31-15-5-2-6-16-31/h1-25,27-29,40H,26H2. The first-order valence-corrected chi connectivity index (χ1v) is 19.5. The number of benzene rings is 7. The fourth-order valence-corrected chi connectivity index (χ4v) is 9.88. The van der Waals surface area contributed by atoms with Crippen molar-refractivity contribution in [2.24, 2.45) is 0 Å². The van der Waals surface area contributed by atoms with Gasteiger partial charge in [0.15, 0.2) is 5.58 Å². The number of hydrogen-bond donors (Lipinski definition) is 0. The molecular formula is C49H31N3O2S. The number of fused-ring (bicyclic) bond motifs is 11. The van der Waals surface area contributed by atoms with Gasteiger partial charge in [-0.1, -0.05) is 97.1 Å². The van der Waals surface area contributed by atoms with Gasteiger partial charge in [-0.15, -0.1) is 11.3 Å². The number of hydrogen-bond acceptors (Lipinski definition) is 5. The van der Waals surface area contributed by atoms with Gasteiger partial charge < -0.3 is 18.6 Å². The van der Waals surface area contributed by atoms with Crippen LogP contribution >= 0.6 is 11.3 Å². The van der Waals surface area contributed by atoms with Crippen LogP contribution in [-0.2, 0) is 0 Å². The molecule has 6 heteroatoms. The Kier molecular flexibility index (Phi) is 6.56. The molecule has 55 heavy (non-hydrogen) atoms. The number of allylic oxidation sites excluding steroid dienone is 1. The van der Waals surface area contributed by atoms with Crippen LogP contribution < -0.4 is 9.64 Å². The maximum Gasteiger partial charge on any atom is 0.227 e. The minimum absolute atomic E-state index is 0.118. The lowest BCUT2D eigenvalue weighted by atomic mass is 9.93. The van der Waals surface area contributed by atoms with Gasteiger partial charge in [0.25, 0.3) is 0 Å². The average molecular weight is 726 g/mol. The first-order chi connectivity index (χ1) is 27.3. The smallest absolute Gasteiger partial charge is 0.227 e. The minimum atomic E-state index is -0.118. The zero-order valence-electron chi connectivity index (χ0n) is 29.5. The summed E-state index contributed by atoms with van der Waals surface area (Å²) >= 11 is 1.85. The Hall–Kier alpha value is -6.89. The van der Waals surface area contributed by atoms with Crippen LogP contribution in [0.5, 0.6) is 5.75 Å². The van der Waals surface area contributed by atoms with Gasteiger partial charge >= 0.3 is 0 Å². The number of nitrogens with zero attached hydrogens (tertiary/aromatic N) is 3. The third-order valence-corrected chi connectivity index (χ3v) is 12.2. The van der Waals surface area contributed by atoms with Crippen molar-refractivity contribution in [3.8, 4) is 22.9 Å². The van der Waals surface area contributed by atoms with E-state index in [9.17, 15) is 0 Å². The van der Waals surface area contributed by atoms with Crippen LogP contribution in [0.3, 0.4) is 0 Å². The Balaban J connectivity index is 1.14. The van der Waals surface area contributed by atoms with Gasteiger partial charge in [-0.05, 0) is 72.8 Å². The quantitative estimate of drug-likeness (QED) is 0.177. The highest BCUT2D eigenvalue weighted by atomic mass is 32.1. The van der Waals surface area contributed by atoms with Crippen molar-refractivity contribution < 1.29 is 9.15 Å². The summed E-state index contributed by atoms with van der Waals surface area (Å²) in [7, 11) is 0. The maximum absolute atomic E-state index is 6.66. The van der Waals surface area contributed by atoms with E-state index in [0.717, 1.165) is 68.2 Å². The zero-order chi connectivity index (χ0) is 36.0. The molecule has 0 amide bonds. The van der Waals surface area contributed by atoms with Gasteiger partial charge in [-0.3, -0.25) is 0 Å². The summed E-state index contributed by atoms with van der Waals surface area (Å²) in [4.78, 5) is 7.58. The van der Waals surface area contributed by atoms with Crippen LogP contribution in [0.4, 0.5) is 11.4 Å². The molecule has 0 spiro atoms. The topological polar surface area (TPSA) is 43.4 Å². The van der Waals surface area contributed by atoms with Crippen molar-refractivity contribution in [2.75, 3.05) is 4.90 Å². The van der Waals surface area contributed by atoms with E-state index in [0.29, 0.717) is 5.89 Å². The normalized spacial score (nSPS) is 15.0. The predicted molar refractivity (Wildman–Crippen MR) is 227 cm³/mol. The van der Waals surface area contributed by atoms with Gasteiger partial charge in [0.1, 0.15) is 17.4 Å². The molecule has 1 aliphatic heterocycles. The van der Waals surface area contributed by atoms with Gasteiger partial charge in [0, 0.05) is 59.9 Å². The first-order valence-electron chi connectivity index (χ1n) is 18.6. The molecule has 3 aromatic heterocycles. The molecule has 1 unspecified atom stereocenters. The van der Waals surface area contributed by atoms with E-state index in [1.54, 1.807) is 0 Å². The first kappa shape index (κ1) is 30.6. The molecule has 0 saturated heterocycles. The molecule has 0 N–H and O–H groups in total. The van der Waals surface area contributed by atoms with Crippen molar-refractivity contribution in [3.05, 3.63) is 181 Å². The van der Waals surface area contributed by atoms with Crippen LogP contribution in [0.15, 0.2) is 180 Å². The fourth-order valence-electron chi connectivity index (χ4n) is 8.75. The number of para-hydroxylation sites is 3. The predicted octanol–water partition coefficient (Wildman–Crippen LogP) is 13.2. The van der Waals surface area contributed by atoms with E-state index >= 15 is 0 Å². The molecule has 10 aromatic rings. The molecule has 260 valence electrons. The molecular weight excluding hydrogens is 695 g/mol. The van der Waals surface area contributed by atoms with Crippen molar-refractivity contribution in [1.29, 1.82) is 0 Å². The Morgan fingerprint density at radius 1 is 0.655 bits per heavy atom. The summed E-state index contributed by atoms with van der Waals surface area (Å²) in [6, 6.07) is 55.8. The second kappa shape index (κ2) is 11.8. The number of ether oxygens (including phenoxy) is 1. The molecule has 12 rings (SSSR count). The van der Waals surface area contributed by atoms with Crippen molar-refractivity contribution in [1.82, 2.24) is 9.55 Å². The summed E-state index contributed by atoms with van der Waals surface area (Å²) in [5.74, 6) is 1.45. The molecule has 0 fully saturated rings. The monoisotopic (exact) mass is 725 g/mol. The number of aromatic nitrogens is 2. The summed E-state index contributed by atoms with van der Waals surface area (Å²) in [5, 5.41) is 4.93. The number of anilines is 2. The van der Waals surface area contributed by atoms with Crippen molar-refractivity contribution in [2.45, 2.75) is 12.5 Å². The summed E-state index contributed by atoms with van der Waals surface area (Å²) in [5.41, 5.74) is 11.4. The molecule has 1 atom stereocenters. The minimum Gasteiger partial charge on any atom is -0.485 e. The SMILES string of the molecule is C1=C2c3c(ccc4oc(-c5ccccc5)nc34)OC2CC=C1N(c1cccc2sc3ccccc3c12)c1cccc2c3ccccc3n(-c3ccccc3)c12. The lowest BCUT2D eigenvalue weighted by Gasteiger charge is -2.31. The number of rotatable bonds is 5. The summed E-state index contributed by atoms with van der Waals surface area (Å²) in [6.07, 6.45) is 5.28. The molecule has 7 aromatic carbocycles. The third-order valence-electron chi connectivity index (χ3n) is 11.1. The molecule has 0 saturated carbocycles. The van der Waals surface area contributed by atoms with E-state index < -0.39 is 0 Å². The van der Waals surface area contributed by atoms with E-state index in [1.165, 1.54) is 36.5 Å². The van der Waals surface area contributed by atoms with Crippen molar-refractivity contribution >= 4 is 81.4 Å². The molecule has 5 nitrogen and oxygen atoms in total. The lowest BCUT2D eigenvalue weighted by molar-refractivity contribution is 0.278. The second-order valence-corrected chi connectivity index (χ2v) is 15.3. The van der Waals surface area contributed by atoms with E-state index in [1.807, 2.05) is 53.8 Å². The van der Waals surface area contributed by atoms with Crippen LogP contribution in [0.2, 0.25) is 0 Å². The van der Waals surface area contributed by atoms with E-state index in [2.05, 4.69) is 137 Å². The molecule has 1 aliphatic carbocycles. The fraction of sp³-hybridized carbons (Fsp3) is 0.0408. The average Bonchev–Trinajstić information content (AvgIpc) is 4.02. The van der Waals surface area contributed by atoms with Crippen LogP contribution in [0.25, 0.3) is 75.8 Å². The van der Waals surface area contributed by atoms with Gasteiger partial charge in [-0.25, -0.2) is 4.98 Å². The molecule has 2 aliphatic rings. The highest BCUT2D eigenvalue weighted by Gasteiger charge is 2.35.